The van der Waals surface area contributed by atoms with Gasteiger partial charge in [-0.2, -0.15) is 0 Å². The predicted octanol–water partition coefficient (Wildman–Crippen LogP) is -3.23. The molecule has 78 heavy (non-hydrogen) atoms. The molecule has 0 aromatic heterocycles. The molecule has 0 aromatic rings. The third-order valence-electron chi connectivity index (χ3n) is 20.8. The maximum absolute atomic E-state index is 12.7. The number of allylic oxidation sites excluding steroid dienone is 1. The smallest absolute Gasteiger partial charge is 0.187 e. The van der Waals surface area contributed by atoms with Crippen molar-refractivity contribution >= 4 is 0 Å². The number of ether oxygens (including phenoxy) is 8. The molecule has 8 rings (SSSR count). The van der Waals surface area contributed by atoms with Gasteiger partial charge in [0.25, 0.3) is 0 Å². The summed E-state index contributed by atoms with van der Waals surface area (Å²) in [5, 5.41) is 172. The molecule has 7 fully saturated rings. The van der Waals surface area contributed by atoms with Gasteiger partial charge in [0.05, 0.1) is 50.3 Å². The summed E-state index contributed by atoms with van der Waals surface area (Å²) in [6.07, 6.45) is -26.9. The van der Waals surface area contributed by atoms with Gasteiger partial charge in [0.15, 0.2) is 25.2 Å². The van der Waals surface area contributed by atoms with Crippen LogP contribution in [0.2, 0.25) is 0 Å². The van der Waals surface area contributed by atoms with Gasteiger partial charge in [0.1, 0.15) is 97.7 Å². The van der Waals surface area contributed by atoms with Crippen molar-refractivity contribution in [3.63, 3.8) is 0 Å². The Morgan fingerprint density at radius 1 is 0.590 bits per heavy atom. The maximum Gasteiger partial charge on any atom is 0.187 e. The van der Waals surface area contributed by atoms with E-state index in [2.05, 4.69) is 47.6 Å². The summed E-state index contributed by atoms with van der Waals surface area (Å²) < 4.78 is 47.5. The van der Waals surface area contributed by atoms with Crippen LogP contribution in [0.15, 0.2) is 11.6 Å². The van der Waals surface area contributed by atoms with Gasteiger partial charge in [0.2, 0.25) is 0 Å². The van der Waals surface area contributed by atoms with Crippen LogP contribution in [-0.2, 0) is 37.9 Å². The molecule has 24 heteroatoms. The normalized spacial score (nSPS) is 51.4. The van der Waals surface area contributed by atoms with Crippen LogP contribution in [0.5, 0.6) is 0 Å². The van der Waals surface area contributed by atoms with E-state index in [1.165, 1.54) is 0 Å². The van der Waals surface area contributed by atoms with E-state index in [1.807, 2.05) is 0 Å². The Bertz CT molecular complexity index is 2030. The van der Waals surface area contributed by atoms with Gasteiger partial charge < -0.3 is 120 Å². The zero-order valence-electron chi connectivity index (χ0n) is 46.1. The summed E-state index contributed by atoms with van der Waals surface area (Å²) in [5.74, 6) is 0.236. The largest absolute Gasteiger partial charge is 0.394 e. The first-order chi connectivity index (χ1) is 36.4. The lowest BCUT2D eigenvalue weighted by molar-refractivity contribution is -0.375. The molecule has 30 atom stereocenters. The van der Waals surface area contributed by atoms with Gasteiger partial charge in [-0.3, -0.25) is 0 Å². The van der Waals surface area contributed by atoms with E-state index < -0.39 is 184 Å². The molecule has 8 aliphatic rings. The number of aliphatic hydroxyl groups is 16. The first-order valence-corrected chi connectivity index (χ1v) is 28.0. The van der Waals surface area contributed by atoms with Crippen LogP contribution in [0.1, 0.15) is 107 Å². The second-order valence-corrected chi connectivity index (χ2v) is 25.9. The van der Waals surface area contributed by atoms with Crippen molar-refractivity contribution in [2.24, 2.45) is 45.3 Å². The van der Waals surface area contributed by atoms with E-state index in [0.29, 0.717) is 32.1 Å². The van der Waals surface area contributed by atoms with E-state index in [0.717, 1.165) is 18.4 Å². The first-order valence-electron chi connectivity index (χ1n) is 28.0. The number of rotatable bonds is 17. The van der Waals surface area contributed by atoms with Gasteiger partial charge in [-0.25, -0.2) is 0 Å². The Morgan fingerprint density at radius 2 is 1.09 bits per heavy atom. The third-order valence-corrected chi connectivity index (χ3v) is 20.8. The van der Waals surface area contributed by atoms with Crippen molar-refractivity contribution in [1.29, 1.82) is 0 Å². The lowest BCUT2D eigenvalue weighted by Gasteiger charge is -2.67. The molecule has 3 saturated carbocycles. The van der Waals surface area contributed by atoms with Gasteiger partial charge >= 0.3 is 0 Å². The number of hydrogen-bond acceptors (Lipinski definition) is 24. The highest BCUT2D eigenvalue weighted by Crippen LogP contribution is 2.75. The van der Waals surface area contributed by atoms with Crippen molar-refractivity contribution in [3.05, 3.63) is 11.6 Å². The summed E-state index contributed by atoms with van der Waals surface area (Å²) >= 11 is 0. The van der Waals surface area contributed by atoms with Crippen LogP contribution in [-0.4, -0.2) is 255 Å². The van der Waals surface area contributed by atoms with Crippen molar-refractivity contribution in [2.75, 3.05) is 26.4 Å². The minimum atomic E-state index is -1.85. The molecule has 4 aliphatic carbocycles. The van der Waals surface area contributed by atoms with Crippen molar-refractivity contribution in [3.8, 4) is 0 Å². The molecular weight excluding hydrogens is 1030 g/mol. The zero-order chi connectivity index (χ0) is 57.5. The highest BCUT2D eigenvalue weighted by molar-refractivity contribution is 5.32. The minimum Gasteiger partial charge on any atom is -0.394 e. The zero-order valence-corrected chi connectivity index (χ0v) is 46.1. The van der Waals surface area contributed by atoms with Crippen molar-refractivity contribution in [1.82, 2.24) is 0 Å². The van der Waals surface area contributed by atoms with Gasteiger partial charge in [-0.15, -0.1) is 0 Å². The molecule has 0 spiro atoms. The van der Waals surface area contributed by atoms with E-state index >= 15 is 0 Å². The summed E-state index contributed by atoms with van der Waals surface area (Å²) in [6, 6.07) is 0. The van der Waals surface area contributed by atoms with Crippen molar-refractivity contribution < 1.29 is 120 Å². The fourth-order valence-corrected chi connectivity index (χ4v) is 15.6. The van der Waals surface area contributed by atoms with Gasteiger partial charge in [0, 0.05) is 10.8 Å². The number of hydrogen-bond donors (Lipinski definition) is 16. The Kier molecular flexibility index (Phi) is 19.1. The fourth-order valence-electron chi connectivity index (χ4n) is 15.6. The molecule has 9 unspecified atom stereocenters. The molecular formula is C54H92O24. The highest BCUT2D eigenvalue weighted by atomic mass is 16.8. The van der Waals surface area contributed by atoms with E-state index in [4.69, 9.17) is 37.9 Å². The van der Waals surface area contributed by atoms with Crippen LogP contribution < -0.4 is 0 Å². The fraction of sp³-hybridized carbons (Fsp3) is 0.963. The molecule has 16 N–H and O–H groups in total. The predicted molar refractivity (Wildman–Crippen MR) is 268 cm³/mol. The molecule has 4 saturated heterocycles. The molecule has 452 valence electrons. The Hall–Kier alpha value is -1.22. The van der Waals surface area contributed by atoms with Crippen molar-refractivity contribution in [2.45, 2.75) is 253 Å². The Morgan fingerprint density at radius 3 is 1.65 bits per heavy atom. The molecule has 0 bridgehead atoms. The van der Waals surface area contributed by atoms with E-state index in [9.17, 15) is 81.7 Å². The quantitative estimate of drug-likeness (QED) is 0.0637. The highest BCUT2D eigenvalue weighted by Gasteiger charge is 2.70. The summed E-state index contributed by atoms with van der Waals surface area (Å²) in [4.78, 5) is 0. The van der Waals surface area contributed by atoms with Gasteiger partial charge in [-0.1, -0.05) is 53.2 Å². The number of aliphatic hydroxyl groups excluding tert-OH is 15. The number of fused-ring (bicyclic) bond motifs is 5. The Balaban J connectivity index is 0.940. The average molecular weight is 1130 g/mol. The van der Waals surface area contributed by atoms with E-state index in [-0.39, 0.29) is 40.9 Å². The third kappa shape index (κ3) is 11.0. The minimum absolute atomic E-state index is 0.0338. The maximum atomic E-state index is 12.7. The van der Waals surface area contributed by atoms with Gasteiger partial charge in [-0.05, 0) is 99.7 Å². The first kappa shape index (κ1) is 62.8. The van der Waals surface area contributed by atoms with Crippen LogP contribution in [0, 0.1) is 45.3 Å². The lowest BCUT2D eigenvalue weighted by Crippen LogP contribution is -2.65. The van der Waals surface area contributed by atoms with Crippen LogP contribution in [0.25, 0.3) is 0 Å². The topological polar surface area (TPSA) is 398 Å². The van der Waals surface area contributed by atoms with Crippen LogP contribution in [0.4, 0.5) is 0 Å². The standard InChI is InChI=1S/C54H92O24/c1-22(9-13-33(51(4,5)70)77-49-45(41(66)36(61)28(20-57)74-49)78-48-44(69)39(64)35(60)27(19-56)73-48)23-15-16-52(6)30-12-10-24-25(54(30,8)31(58)17-53(23,52)7)11-14-32(50(24,2)3)76-47-43(68)40(65)37(62)29(75-47)21-71-46-42(67)38(63)34(59)26(18-55)72-46/h10,22-23,25-49,55-70H,9,11-21H2,1-8H3/t22-,23-,25-,26?,27?,28?,29?,30?,31-,32+,33-,34-,35-,36-,37-,38+,39+,40+,41+,42?,43?,44?,45?,46-,47+,48+,49+,52+,53-,54+/m1/s1. The molecule has 4 heterocycles. The van der Waals surface area contributed by atoms with Crippen LogP contribution in [0.3, 0.4) is 0 Å². The summed E-state index contributed by atoms with van der Waals surface area (Å²) in [7, 11) is 0. The lowest BCUT2D eigenvalue weighted by atomic mass is 9.38. The monoisotopic (exact) mass is 1120 g/mol. The molecule has 4 aliphatic heterocycles. The molecule has 0 radical (unpaired) electrons. The summed E-state index contributed by atoms with van der Waals surface area (Å²) in [6.45, 7) is 13.6. The summed E-state index contributed by atoms with van der Waals surface area (Å²) in [5.41, 5.74) is -2.12. The molecule has 0 amide bonds. The molecule has 24 nitrogen and oxygen atoms in total. The second-order valence-electron chi connectivity index (χ2n) is 25.9. The average Bonchev–Trinajstić information content (AvgIpc) is 2.93. The SMILES string of the molecule is C[C@H](CC[C@@H](O[C@@H]1OC(CO)[C@@H](O)[C@H](O)C1O[C@@H]1OC(CO)[C@@H](O)[C@H](O)C1O)C(C)(C)O)[C@H]1CC[C@@]2(C)C3CC=C4[C@@H](CC[C@H](O[C@@H]5OC(CO[C@@H]6OC(CO)[C@@H](O)[C@H](O)C6O)[C@@H](O)[C@H](O)C5O)C4(C)C)[C@]3(C)[C@H](O)C[C@]12C. The second kappa shape index (κ2) is 23.7. The van der Waals surface area contributed by atoms with E-state index in [1.54, 1.807) is 13.8 Å². The Labute approximate surface area is 455 Å². The van der Waals surface area contributed by atoms with Crippen LogP contribution >= 0.6 is 0 Å². The molecule has 0 aromatic carbocycles.